The van der Waals surface area contributed by atoms with Gasteiger partial charge in [-0.3, -0.25) is 0 Å². The van der Waals surface area contributed by atoms with Gasteiger partial charge in [0.1, 0.15) is 23.2 Å². The van der Waals surface area contributed by atoms with Gasteiger partial charge in [-0.15, -0.1) is 0 Å². The van der Waals surface area contributed by atoms with Crippen LogP contribution in [-0.4, -0.2) is 17.1 Å². The molecule has 2 rings (SSSR count). The highest BCUT2D eigenvalue weighted by molar-refractivity contribution is 9.10. The summed E-state index contributed by atoms with van der Waals surface area (Å²) in [6.45, 7) is 0. The number of anilines is 2. The van der Waals surface area contributed by atoms with E-state index in [2.05, 4.69) is 25.9 Å². The van der Waals surface area contributed by atoms with E-state index in [-0.39, 0.29) is 38.8 Å². The van der Waals surface area contributed by atoms with Gasteiger partial charge in [0.05, 0.1) is 22.8 Å². The van der Waals surface area contributed by atoms with Crippen LogP contribution < -0.4 is 16.2 Å². The van der Waals surface area contributed by atoms with Gasteiger partial charge in [-0.1, -0.05) is 0 Å². The van der Waals surface area contributed by atoms with Crippen molar-refractivity contribution in [2.45, 2.75) is 6.18 Å². The largest absolute Gasteiger partial charge is 0.495 e. The summed E-state index contributed by atoms with van der Waals surface area (Å²) < 4.78 is 44.4. The van der Waals surface area contributed by atoms with Crippen LogP contribution in [0.2, 0.25) is 0 Å². The molecule has 0 saturated carbocycles. The molecule has 23 heavy (non-hydrogen) atoms. The molecule has 1 aromatic heterocycles. The monoisotopic (exact) mass is 387 g/mol. The fraction of sp³-hybridized carbons (Fsp3) is 0.154. The van der Waals surface area contributed by atoms with Crippen LogP contribution in [0.1, 0.15) is 11.1 Å². The van der Waals surface area contributed by atoms with Crippen LogP contribution in [-0.2, 0) is 6.18 Å². The first-order valence-corrected chi connectivity index (χ1v) is 6.76. The Kier molecular flexibility index (Phi) is 4.33. The number of nitriles is 1. The number of nitrogens with zero attached hydrogens (tertiary/aromatic N) is 3. The molecule has 2 aromatic rings. The number of aromatic nitrogens is 2. The first kappa shape index (κ1) is 16.8. The minimum absolute atomic E-state index is 0.00218. The fourth-order valence-corrected chi connectivity index (χ4v) is 2.59. The normalized spacial score (nSPS) is 11.1. The van der Waals surface area contributed by atoms with Crippen molar-refractivity contribution >= 4 is 27.7 Å². The molecule has 0 aliphatic heterocycles. The Hall–Kier alpha value is -2.54. The maximum atomic E-state index is 13.2. The molecule has 0 bridgehead atoms. The van der Waals surface area contributed by atoms with Gasteiger partial charge in [0.15, 0.2) is 0 Å². The standard InChI is InChI=1S/C13H9BrF3N5O/c1-23-10-7(13(15,16)17)2-5(3-8(10)14)9-6(4-18)11(19)22-12(20)21-9/h2-3H,1H3,(H4,19,20,21,22). The summed E-state index contributed by atoms with van der Waals surface area (Å²) in [6.07, 6.45) is -4.67. The van der Waals surface area contributed by atoms with E-state index in [1.54, 1.807) is 6.07 Å². The fourth-order valence-electron chi connectivity index (χ4n) is 1.96. The van der Waals surface area contributed by atoms with Gasteiger partial charge in [-0.05, 0) is 28.1 Å². The van der Waals surface area contributed by atoms with Crippen LogP contribution in [0.15, 0.2) is 16.6 Å². The molecular weight excluding hydrogens is 379 g/mol. The number of nitrogens with two attached hydrogens (primary N) is 2. The van der Waals surface area contributed by atoms with Gasteiger partial charge in [-0.2, -0.15) is 23.4 Å². The Morgan fingerprint density at radius 3 is 2.43 bits per heavy atom. The molecule has 10 heteroatoms. The number of methoxy groups -OCH3 is 1. The predicted octanol–water partition coefficient (Wildman–Crippen LogP) is 2.97. The molecule has 4 N–H and O–H groups in total. The number of benzene rings is 1. The van der Waals surface area contributed by atoms with Gasteiger partial charge in [0.25, 0.3) is 0 Å². The molecule has 0 radical (unpaired) electrons. The van der Waals surface area contributed by atoms with Gasteiger partial charge in [0.2, 0.25) is 5.95 Å². The second-order valence-corrected chi connectivity index (χ2v) is 5.19. The summed E-state index contributed by atoms with van der Waals surface area (Å²) in [5.74, 6) is -0.845. The lowest BCUT2D eigenvalue weighted by molar-refractivity contribution is -0.138. The summed E-state index contributed by atoms with van der Waals surface area (Å²) in [5, 5.41) is 9.14. The number of rotatable bonds is 2. The second kappa shape index (κ2) is 5.92. The highest BCUT2D eigenvalue weighted by Gasteiger charge is 2.36. The number of nitrogen functional groups attached to an aromatic ring is 2. The van der Waals surface area contributed by atoms with E-state index in [9.17, 15) is 13.2 Å². The zero-order valence-electron chi connectivity index (χ0n) is 11.6. The Balaban J connectivity index is 2.82. The summed E-state index contributed by atoms with van der Waals surface area (Å²) >= 11 is 3.02. The quantitative estimate of drug-likeness (QED) is 0.819. The van der Waals surface area contributed by atoms with Crippen LogP contribution in [0, 0.1) is 11.3 Å². The molecule has 6 nitrogen and oxygen atoms in total. The SMILES string of the molecule is COc1c(Br)cc(-c2nc(N)nc(N)c2C#N)cc1C(F)(F)F. The van der Waals surface area contributed by atoms with Crippen LogP contribution in [0.25, 0.3) is 11.3 Å². The van der Waals surface area contributed by atoms with E-state index >= 15 is 0 Å². The van der Waals surface area contributed by atoms with Crippen molar-refractivity contribution in [3.63, 3.8) is 0 Å². The van der Waals surface area contributed by atoms with E-state index in [1.807, 2.05) is 0 Å². The summed E-state index contributed by atoms with van der Waals surface area (Å²) in [5.41, 5.74) is 9.77. The third kappa shape index (κ3) is 3.14. The van der Waals surface area contributed by atoms with Crippen molar-refractivity contribution in [2.75, 3.05) is 18.6 Å². The van der Waals surface area contributed by atoms with Crippen molar-refractivity contribution in [3.8, 4) is 23.1 Å². The highest BCUT2D eigenvalue weighted by atomic mass is 79.9. The van der Waals surface area contributed by atoms with Gasteiger partial charge in [0, 0.05) is 5.56 Å². The van der Waals surface area contributed by atoms with Crippen molar-refractivity contribution < 1.29 is 17.9 Å². The number of ether oxygens (including phenoxy) is 1. The average molecular weight is 388 g/mol. The van der Waals surface area contributed by atoms with Crippen LogP contribution in [0.4, 0.5) is 24.9 Å². The maximum absolute atomic E-state index is 13.2. The molecule has 1 heterocycles. The first-order valence-electron chi connectivity index (χ1n) is 5.97. The Bertz CT molecular complexity index is 817. The van der Waals surface area contributed by atoms with Crippen molar-refractivity contribution in [2.24, 2.45) is 0 Å². The highest BCUT2D eigenvalue weighted by Crippen LogP contribution is 2.43. The molecule has 1 aromatic carbocycles. The van der Waals surface area contributed by atoms with E-state index in [0.29, 0.717) is 0 Å². The zero-order valence-corrected chi connectivity index (χ0v) is 13.2. The molecule has 0 atom stereocenters. The molecule has 120 valence electrons. The molecule has 0 spiro atoms. The molecule has 0 unspecified atom stereocenters. The van der Waals surface area contributed by atoms with E-state index < -0.39 is 11.7 Å². The second-order valence-electron chi connectivity index (χ2n) is 4.34. The van der Waals surface area contributed by atoms with Crippen molar-refractivity contribution in [3.05, 3.63) is 27.7 Å². The Labute approximate surface area is 137 Å². The van der Waals surface area contributed by atoms with E-state index in [0.717, 1.165) is 13.2 Å². The minimum Gasteiger partial charge on any atom is -0.495 e. The molecule has 0 aliphatic rings. The predicted molar refractivity (Wildman–Crippen MR) is 80.3 cm³/mol. The lowest BCUT2D eigenvalue weighted by atomic mass is 10.0. The van der Waals surface area contributed by atoms with Crippen LogP contribution in [0.3, 0.4) is 0 Å². The molecule has 0 fully saturated rings. The van der Waals surface area contributed by atoms with Crippen LogP contribution >= 0.6 is 15.9 Å². The van der Waals surface area contributed by atoms with Crippen molar-refractivity contribution in [1.29, 1.82) is 5.26 Å². The number of alkyl halides is 3. The van der Waals surface area contributed by atoms with E-state index in [1.165, 1.54) is 6.07 Å². The minimum atomic E-state index is -4.67. The van der Waals surface area contributed by atoms with Crippen molar-refractivity contribution in [1.82, 2.24) is 9.97 Å². The van der Waals surface area contributed by atoms with Gasteiger partial charge < -0.3 is 16.2 Å². The van der Waals surface area contributed by atoms with Gasteiger partial charge >= 0.3 is 6.18 Å². The Morgan fingerprint density at radius 1 is 1.26 bits per heavy atom. The van der Waals surface area contributed by atoms with E-state index in [4.69, 9.17) is 21.5 Å². The molecule has 0 aliphatic carbocycles. The molecular formula is C13H9BrF3N5O. The molecule has 0 amide bonds. The summed E-state index contributed by atoms with van der Waals surface area (Å²) in [7, 11) is 1.12. The third-order valence-corrected chi connectivity index (χ3v) is 3.48. The Morgan fingerprint density at radius 2 is 1.91 bits per heavy atom. The number of halogens is 4. The molecule has 0 saturated heterocycles. The summed E-state index contributed by atoms with van der Waals surface area (Å²) in [6, 6.07) is 3.90. The van der Waals surface area contributed by atoms with Gasteiger partial charge in [-0.25, -0.2) is 4.98 Å². The first-order chi connectivity index (χ1) is 10.7. The zero-order chi connectivity index (χ0) is 17.4. The summed E-state index contributed by atoms with van der Waals surface area (Å²) in [4.78, 5) is 7.45. The topological polar surface area (TPSA) is 111 Å². The maximum Gasteiger partial charge on any atom is 0.420 e. The number of hydrogen-bond acceptors (Lipinski definition) is 6. The third-order valence-electron chi connectivity index (χ3n) is 2.89. The lowest BCUT2D eigenvalue weighted by Crippen LogP contribution is -2.09. The number of hydrogen-bond donors (Lipinski definition) is 2. The smallest absolute Gasteiger partial charge is 0.420 e. The average Bonchev–Trinajstić information content (AvgIpc) is 2.44. The van der Waals surface area contributed by atoms with Crippen LogP contribution in [0.5, 0.6) is 5.75 Å². The lowest BCUT2D eigenvalue weighted by Gasteiger charge is -2.16.